The van der Waals surface area contributed by atoms with Gasteiger partial charge in [0.2, 0.25) is 0 Å². The van der Waals surface area contributed by atoms with Crippen LogP contribution in [0.4, 0.5) is 0 Å². The molecule has 2 rings (SSSR count). The number of ketones is 1. The third-order valence-corrected chi connectivity index (χ3v) is 3.43. The molecular weight excluding hydrogens is 164 g/mol. The first-order chi connectivity index (χ1) is 6.12. The number of fused-ring (bicyclic) bond motifs is 1. The Morgan fingerprint density at radius 3 is 3.08 bits per heavy atom. The quantitative estimate of drug-likeness (QED) is 0.617. The third kappa shape index (κ3) is 1.44. The van der Waals surface area contributed by atoms with E-state index in [-0.39, 0.29) is 17.3 Å². The summed E-state index contributed by atoms with van der Waals surface area (Å²) in [5.74, 6) is 0.257. The van der Waals surface area contributed by atoms with E-state index >= 15 is 0 Å². The van der Waals surface area contributed by atoms with E-state index in [1.807, 2.05) is 0 Å². The van der Waals surface area contributed by atoms with Crippen LogP contribution in [-0.2, 0) is 4.79 Å². The number of Topliss-reactive ketones (excluding diaryl/α,β-unsaturated/α-hetero) is 1. The van der Waals surface area contributed by atoms with Gasteiger partial charge in [-0.3, -0.25) is 4.79 Å². The lowest BCUT2D eigenvalue weighted by Crippen LogP contribution is -2.34. The van der Waals surface area contributed by atoms with Crippen molar-refractivity contribution in [2.24, 2.45) is 5.41 Å². The van der Waals surface area contributed by atoms with Crippen molar-refractivity contribution in [3.05, 3.63) is 11.6 Å². The van der Waals surface area contributed by atoms with Gasteiger partial charge in [0.1, 0.15) is 0 Å². The normalized spacial score (nSPS) is 39.7. The molecule has 1 N–H and O–H groups in total. The summed E-state index contributed by atoms with van der Waals surface area (Å²) in [4.78, 5) is 11.6. The summed E-state index contributed by atoms with van der Waals surface area (Å²) in [7, 11) is 0. The Bertz CT molecular complexity index is 267. The van der Waals surface area contributed by atoms with Gasteiger partial charge in [-0.1, -0.05) is 6.92 Å². The second kappa shape index (κ2) is 2.95. The Morgan fingerprint density at radius 1 is 1.54 bits per heavy atom. The van der Waals surface area contributed by atoms with Crippen LogP contribution in [0, 0.1) is 5.41 Å². The number of aliphatic hydroxyl groups is 1. The van der Waals surface area contributed by atoms with Crippen molar-refractivity contribution in [2.75, 3.05) is 0 Å². The van der Waals surface area contributed by atoms with Crippen molar-refractivity contribution in [1.82, 2.24) is 0 Å². The number of carbonyl (C=O) groups is 1. The molecule has 0 aliphatic heterocycles. The molecule has 0 aromatic rings. The lowest BCUT2D eigenvalue weighted by atomic mass is 9.65. The highest BCUT2D eigenvalue weighted by Crippen LogP contribution is 2.45. The number of rotatable bonds is 0. The molecule has 0 aromatic carbocycles. The van der Waals surface area contributed by atoms with Gasteiger partial charge in [-0.25, -0.2) is 0 Å². The van der Waals surface area contributed by atoms with Crippen LogP contribution in [0.5, 0.6) is 0 Å². The van der Waals surface area contributed by atoms with E-state index in [4.69, 9.17) is 0 Å². The fourth-order valence-corrected chi connectivity index (χ4v) is 2.54. The Hall–Kier alpha value is -0.630. The van der Waals surface area contributed by atoms with E-state index < -0.39 is 0 Å². The van der Waals surface area contributed by atoms with Crippen LogP contribution in [0.3, 0.4) is 0 Å². The summed E-state index contributed by atoms with van der Waals surface area (Å²) < 4.78 is 0. The molecule has 0 amide bonds. The maximum atomic E-state index is 11.6. The number of hydrogen-bond acceptors (Lipinski definition) is 2. The van der Waals surface area contributed by atoms with Gasteiger partial charge >= 0.3 is 0 Å². The maximum Gasteiger partial charge on any atom is 0.159 e. The van der Waals surface area contributed by atoms with Crippen LogP contribution >= 0.6 is 0 Å². The number of aliphatic hydroxyl groups excluding tert-OH is 1. The molecule has 0 bridgehead atoms. The molecule has 2 nitrogen and oxygen atoms in total. The largest absolute Gasteiger partial charge is 0.389 e. The monoisotopic (exact) mass is 180 g/mol. The van der Waals surface area contributed by atoms with Crippen LogP contribution in [0.15, 0.2) is 11.6 Å². The van der Waals surface area contributed by atoms with Crippen LogP contribution in [-0.4, -0.2) is 17.0 Å². The lowest BCUT2D eigenvalue weighted by molar-refractivity contribution is -0.118. The van der Waals surface area contributed by atoms with Crippen molar-refractivity contribution >= 4 is 5.78 Å². The molecule has 1 fully saturated rings. The Kier molecular flexibility index (Phi) is 2.03. The second-order valence-corrected chi connectivity index (χ2v) is 4.52. The molecule has 0 radical (unpaired) electrons. The zero-order chi connectivity index (χ0) is 9.47. The highest BCUT2D eigenvalue weighted by atomic mass is 16.3. The van der Waals surface area contributed by atoms with Gasteiger partial charge in [0.05, 0.1) is 6.10 Å². The van der Waals surface area contributed by atoms with Crippen molar-refractivity contribution < 1.29 is 9.90 Å². The fraction of sp³-hybridized carbons (Fsp3) is 0.727. The molecular formula is C11H16O2. The molecule has 2 aliphatic carbocycles. The Labute approximate surface area is 78.6 Å². The van der Waals surface area contributed by atoms with Gasteiger partial charge in [-0.05, 0) is 42.7 Å². The van der Waals surface area contributed by atoms with Gasteiger partial charge in [-0.2, -0.15) is 0 Å². The summed E-state index contributed by atoms with van der Waals surface area (Å²) in [6, 6.07) is 0. The molecule has 0 spiro atoms. The average Bonchev–Trinajstić information content (AvgIpc) is 2.08. The van der Waals surface area contributed by atoms with Crippen molar-refractivity contribution in [3.63, 3.8) is 0 Å². The zero-order valence-corrected chi connectivity index (χ0v) is 8.05. The molecule has 1 saturated carbocycles. The summed E-state index contributed by atoms with van der Waals surface area (Å²) in [6.07, 6.45) is 5.98. The van der Waals surface area contributed by atoms with Crippen molar-refractivity contribution in [3.8, 4) is 0 Å². The van der Waals surface area contributed by atoms with Crippen LogP contribution in [0.25, 0.3) is 0 Å². The minimum Gasteiger partial charge on any atom is -0.389 e. The predicted molar refractivity (Wildman–Crippen MR) is 50.3 cm³/mol. The predicted octanol–water partition coefficient (Wildman–Crippen LogP) is 1.83. The van der Waals surface area contributed by atoms with E-state index in [9.17, 15) is 9.90 Å². The van der Waals surface area contributed by atoms with Crippen LogP contribution in [0.1, 0.15) is 39.0 Å². The average molecular weight is 180 g/mol. The Balaban J connectivity index is 2.35. The number of carbonyl (C=O) groups excluding carboxylic acids is 1. The highest BCUT2D eigenvalue weighted by molar-refractivity contribution is 5.97. The fourth-order valence-electron chi connectivity index (χ4n) is 2.54. The zero-order valence-electron chi connectivity index (χ0n) is 8.05. The summed E-state index contributed by atoms with van der Waals surface area (Å²) >= 11 is 0. The van der Waals surface area contributed by atoms with Gasteiger partial charge in [0, 0.05) is 6.42 Å². The van der Waals surface area contributed by atoms with E-state index in [1.54, 1.807) is 6.08 Å². The first-order valence-electron chi connectivity index (χ1n) is 5.05. The number of allylic oxidation sites excluding steroid dienone is 1. The minimum atomic E-state index is -0.384. The molecule has 2 heteroatoms. The SMILES string of the molecule is C[C@@]12CCCC(=O)C1=CC(O)CC2. The van der Waals surface area contributed by atoms with Crippen LogP contribution in [0.2, 0.25) is 0 Å². The summed E-state index contributed by atoms with van der Waals surface area (Å²) in [5, 5.41) is 9.45. The molecule has 1 unspecified atom stereocenters. The molecule has 2 aliphatic rings. The smallest absolute Gasteiger partial charge is 0.159 e. The summed E-state index contributed by atoms with van der Waals surface area (Å²) in [5.41, 5.74) is 0.978. The third-order valence-electron chi connectivity index (χ3n) is 3.43. The van der Waals surface area contributed by atoms with E-state index in [1.165, 1.54) is 0 Å². The van der Waals surface area contributed by atoms with Crippen molar-refractivity contribution in [1.29, 1.82) is 0 Å². The Morgan fingerprint density at radius 2 is 2.31 bits per heavy atom. The molecule has 0 heterocycles. The molecule has 72 valence electrons. The number of hydrogen-bond donors (Lipinski definition) is 1. The molecule has 2 atom stereocenters. The van der Waals surface area contributed by atoms with E-state index in [0.717, 1.165) is 31.3 Å². The van der Waals surface area contributed by atoms with E-state index in [0.29, 0.717) is 6.42 Å². The van der Waals surface area contributed by atoms with E-state index in [2.05, 4.69) is 6.92 Å². The first-order valence-corrected chi connectivity index (χ1v) is 5.05. The van der Waals surface area contributed by atoms with Crippen LogP contribution < -0.4 is 0 Å². The van der Waals surface area contributed by atoms with Gasteiger partial charge in [0.15, 0.2) is 5.78 Å². The van der Waals surface area contributed by atoms with Gasteiger partial charge in [0.25, 0.3) is 0 Å². The summed E-state index contributed by atoms with van der Waals surface area (Å²) in [6.45, 7) is 2.15. The minimum absolute atomic E-state index is 0.0779. The molecule has 0 aromatic heterocycles. The highest BCUT2D eigenvalue weighted by Gasteiger charge is 2.39. The molecule has 13 heavy (non-hydrogen) atoms. The first kappa shape index (κ1) is 8.95. The maximum absolute atomic E-state index is 11.6. The lowest BCUT2D eigenvalue weighted by Gasteiger charge is -2.39. The molecule has 0 saturated heterocycles. The van der Waals surface area contributed by atoms with Crippen molar-refractivity contribution in [2.45, 2.75) is 45.1 Å². The van der Waals surface area contributed by atoms with Gasteiger partial charge in [-0.15, -0.1) is 0 Å². The standard InChI is InChI=1S/C11H16O2/c1-11-5-2-3-10(13)9(11)7-8(12)4-6-11/h7-8,12H,2-6H2,1H3/t8?,11-/m0/s1. The second-order valence-electron chi connectivity index (χ2n) is 4.52. The van der Waals surface area contributed by atoms with Gasteiger partial charge < -0.3 is 5.11 Å². The topological polar surface area (TPSA) is 37.3 Å².